The molecule has 0 bridgehead atoms. The monoisotopic (exact) mass is 568 g/mol. The predicted molar refractivity (Wildman–Crippen MR) is 160 cm³/mol. The number of aromatic nitrogens is 1. The van der Waals surface area contributed by atoms with Crippen molar-refractivity contribution in [1.29, 1.82) is 0 Å². The number of rotatable bonds is 10. The van der Waals surface area contributed by atoms with Gasteiger partial charge in [0.15, 0.2) is 0 Å². The van der Waals surface area contributed by atoms with Crippen LogP contribution in [0.1, 0.15) is 29.2 Å². The highest BCUT2D eigenvalue weighted by Gasteiger charge is 2.21. The Kier molecular flexibility index (Phi) is 8.23. The molecule has 210 valence electrons. The normalized spacial score (nSPS) is 11.5. The Bertz CT molecular complexity index is 1810. The maximum Gasteiger partial charge on any atom is 0.310 e. The maximum atomic E-state index is 13.7. The molecule has 0 aliphatic rings. The van der Waals surface area contributed by atoms with E-state index in [0.717, 1.165) is 38.8 Å². The second-order valence-electron chi connectivity index (χ2n) is 9.78. The van der Waals surface area contributed by atoms with Gasteiger partial charge in [-0.3, -0.25) is 4.79 Å². The van der Waals surface area contributed by atoms with Crippen LogP contribution in [-0.2, 0) is 39.1 Å². The van der Waals surface area contributed by atoms with Gasteiger partial charge in [-0.2, -0.15) is 0 Å². The highest BCUT2D eigenvalue weighted by atomic mass is 32.2. The smallest absolute Gasteiger partial charge is 0.310 e. The van der Waals surface area contributed by atoms with Crippen molar-refractivity contribution in [2.75, 3.05) is 6.61 Å². The molecule has 0 fully saturated rings. The van der Waals surface area contributed by atoms with Crippen LogP contribution in [0.5, 0.6) is 5.75 Å². The molecule has 5 aromatic rings. The van der Waals surface area contributed by atoms with Crippen molar-refractivity contribution in [2.24, 2.45) is 5.73 Å². The first-order valence-electron chi connectivity index (χ1n) is 13.4. The molecule has 8 heteroatoms. The zero-order valence-electron chi connectivity index (χ0n) is 23.0. The van der Waals surface area contributed by atoms with Gasteiger partial charge in [0.1, 0.15) is 12.4 Å². The van der Waals surface area contributed by atoms with Crippen LogP contribution in [0.2, 0.25) is 0 Å². The highest BCUT2D eigenvalue weighted by molar-refractivity contribution is 7.90. The highest BCUT2D eigenvalue weighted by Crippen LogP contribution is 2.36. The van der Waals surface area contributed by atoms with Gasteiger partial charge in [-0.25, -0.2) is 12.4 Å². The second kappa shape index (κ2) is 12.0. The van der Waals surface area contributed by atoms with Gasteiger partial charge in [0.05, 0.1) is 23.4 Å². The number of nitrogens with two attached hydrogens (primary N) is 1. The molecule has 7 nitrogen and oxygen atoms in total. The van der Waals surface area contributed by atoms with Crippen LogP contribution in [0, 0.1) is 6.92 Å². The molecule has 0 atom stereocenters. The quantitative estimate of drug-likeness (QED) is 0.208. The van der Waals surface area contributed by atoms with E-state index in [4.69, 9.17) is 15.2 Å². The number of benzene rings is 4. The van der Waals surface area contributed by atoms with Crippen molar-refractivity contribution >= 4 is 26.9 Å². The summed E-state index contributed by atoms with van der Waals surface area (Å²) in [6.45, 7) is 4.58. The standard InChI is InChI=1S/C33H32N2O5S/c1-3-39-33(36)18-25-8-4-5-9-27(25)22-40-28-19-31(26-10-6-7-24(17-26)21-34)30-15-16-35(32(30)20-28)41(37,38)29-13-11-23(2)12-14-29/h4-17,19-20H,3,18,21-22,34H2,1-2H3. The average Bonchev–Trinajstić information content (AvgIpc) is 3.42. The first-order valence-corrected chi connectivity index (χ1v) is 14.9. The minimum atomic E-state index is -3.87. The largest absolute Gasteiger partial charge is 0.489 e. The van der Waals surface area contributed by atoms with Crippen LogP contribution in [0.3, 0.4) is 0 Å². The van der Waals surface area contributed by atoms with Crippen LogP contribution >= 0.6 is 0 Å². The molecule has 5 rings (SSSR count). The third kappa shape index (κ3) is 6.04. The number of esters is 1. The molecule has 1 heterocycles. The summed E-state index contributed by atoms with van der Waals surface area (Å²) < 4.78 is 40.1. The van der Waals surface area contributed by atoms with E-state index in [0.29, 0.717) is 24.4 Å². The van der Waals surface area contributed by atoms with Crippen LogP contribution in [0.4, 0.5) is 0 Å². The lowest BCUT2D eigenvalue weighted by molar-refractivity contribution is -0.142. The summed E-state index contributed by atoms with van der Waals surface area (Å²) in [5.41, 5.74) is 11.7. The molecule has 0 unspecified atom stereocenters. The van der Waals surface area contributed by atoms with E-state index in [-0.39, 0.29) is 23.9 Å². The molecule has 0 aliphatic carbocycles. The van der Waals surface area contributed by atoms with E-state index in [2.05, 4.69) is 0 Å². The van der Waals surface area contributed by atoms with Gasteiger partial charge in [-0.1, -0.05) is 60.2 Å². The molecule has 2 N–H and O–H groups in total. The van der Waals surface area contributed by atoms with E-state index in [9.17, 15) is 13.2 Å². The summed E-state index contributed by atoms with van der Waals surface area (Å²) >= 11 is 0. The van der Waals surface area contributed by atoms with Crippen LogP contribution in [-0.4, -0.2) is 25.0 Å². The van der Waals surface area contributed by atoms with E-state index in [1.165, 1.54) is 3.97 Å². The molecule has 0 radical (unpaired) electrons. The summed E-state index contributed by atoms with van der Waals surface area (Å²) in [5.74, 6) is 0.193. The van der Waals surface area contributed by atoms with Crippen molar-refractivity contribution in [1.82, 2.24) is 3.97 Å². The number of aryl methyl sites for hydroxylation is 1. The van der Waals surface area contributed by atoms with Gasteiger partial charge in [-0.15, -0.1) is 0 Å². The van der Waals surface area contributed by atoms with E-state index in [1.807, 2.05) is 67.6 Å². The second-order valence-corrected chi connectivity index (χ2v) is 11.6. The fraction of sp³-hybridized carbons (Fsp3) is 0.182. The third-order valence-corrected chi connectivity index (χ3v) is 8.65. The minimum absolute atomic E-state index is 0.140. The Morgan fingerprint density at radius 3 is 2.39 bits per heavy atom. The average molecular weight is 569 g/mol. The van der Waals surface area contributed by atoms with Gasteiger partial charge < -0.3 is 15.2 Å². The number of nitrogens with zero attached hydrogens (tertiary/aromatic N) is 1. The zero-order chi connectivity index (χ0) is 29.0. The number of hydrogen-bond acceptors (Lipinski definition) is 6. The van der Waals surface area contributed by atoms with Crippen molar-refractivity contribution in [2.45, 2.75) is 38.3 Å². The Morgan fingerprint density at radius 1 is 0.902 bits per heavy atom. The van der Waals surface area contributed by atoms with Crippen LogP contribution < -0.4 is 10.5 Å². The first kappa shape index (κ1) is 28.1. The Labute approximate surface area is 240 Å². The summed E-state index contributed by atoms with van der Waals surface area (Å²) in [7, 11) is -3.87. The van der Waals surface area contributed by atoms with Gasteiger partial charge in [0.25, 0.3) is 10.0 Å². The summed E-state index contributed by atoms with van der Waals surface area (Å²) in [4.78, 5) is 12.3. The van der Waals surface area contributed by atoms with Crippen LogP contribution in [0.25, 0.3) is 22.0 Å². The SMILES string of the molecule is CCOC(=O)Cc1ccccc1COc1cc(-c2cccc(CN)c2)c2ccn(S(=O)(=O)c3ccc(C)cc3)c2c1. The van der Waals surface area contributed by atoms with E-state index >= 15 is 0 Å². The molecular weight excluding hydrogens is 536 g/mol. The molecule has 4 aromatic carbocycles. The lowest BCUT2D eigenvalue weighted by Crippen LogP contribution is -2.12. The molecule has 0 aliphatic heterocycles. The fourth-order valence-electron chi connectivity index (χ4n) is 4.81. The fourth-order valence-corrected chi connectivity index (χ4v) is 6.15. The van der Waals surface area contributed by atoms with Gasteiger partial charge in [0.2, 0.25) is 0 Å². The van der Waals surface area contributed by atoms with E-state index in [1.54, 1.807) is 43.5 Å². The van der Waals surface area contributed by atoms with Crippen molar-refractivity contribution in [3.05, 3.63) is 119 Å². The Morgan fingerprint density at radius 2 is 1.66 bits per heavy atom. The predicted octanol–water partition coefficient (Wildman–Crippen LogP) is 6.00. The Balaban J connectivity index is 1.59. The maximum absolute atomic E-state index is 13.7. The van der Waals surface area contributed by atoms with Gasteiger partial charge in [0, 0.05) is 24.2 Å². The number of fused-ring (bicyclic) bond motifs is 1. The van der Waals surface area contributed by atoms with E-state index < -0.39 is 10.0 Å². The number of ether oxygens (including phenoxy) is 2. The summed E-state index contributed by atoms with van der Waals surface area (Å²) in [6.07, 6.45) is 1.72. The lowest BCUT2D eigenvalue weighted by atomic mass is 9.99. The summed E-state index contributed by atoms with van der Waals surface area (Å²) in [5, 5.41) is 0.768. The molecule has 0 saturated heterocycles. The van der Waals surface area contributed by atoms with Gasteiger partial charge in [-0.05, 0) is 72.0 Å². The molecule has 0 spiro atoms. The van der Waals surface area contributed by atoms with Crippen molar-refractivity contribution < 1.29 is 22.7 Å². The first-order chi connectivity index (χ1) is 19.8. The van der Waals surface area contributed by atoms with Crippen molar-refractivity contribution in [3.8, 4) is 16.9 Å². The van der Waals surface area contributed by atoms with Crippen molar-refractivity contribution in [3.63, 3.8) is 0 Å². The van der Waals surface area contributed by atoms with Gasteiger partial charge >= 0.3 is 5.97 Å². The summed E-state index contributed by atoms with van der Waals surface area (Å²) in [6, 6.07) is 27.7. The number of carbonyl (C=O) groups excluding carboxylic acids is 1. The third-order valence-electron chi connectivity index (χ3n) is 6.95. The molecule has 1 aromatic heterocycles. The Hall–Kier alpha value is -4.40. The lowest BCUT2D eigenvalue weighted by Gasteiger charge is -2.15. The number of hydrogen-bond donors (Lipinski definition) is 1. The molecular formula is C33H32N2O5S. The molecule has 0 amide bonds. The molecule has 0 saturated carbocycles. The topological polar surface area (TPSA) is 101 Å². The molecule has 41 heavy (non-hydrogen) atoms. The minimum Gasteiger partial charge on any atom is -0.489 e. The number of carbonyl (C=O) groups is 1. The zero-order valence-corrected chi connectivity index (χ0v) is 23.9. The van der Waals surface area contributed by atoms with Crippen LogP contribution in [0.15, 0.2) is 102 Å².